The summed E-state index contributed by atoms with van der Waals surface area (Å²) in [5, 5.41) is 2.94. The highest BCUT2D eigenvalue weighted by atomic mass is 16.5. The Bertz CT molecular complexity index is 862. The van der Waals surface area contributed by atoms with E-state index in [0.29, 0.717) is 23.7 Å². The number of nitrogens with one attached hydrogen (secondary N) is 2. The molecule has 0 unspecified atom stereocenters. The van der Waals surface area contributed by atoms with Crippen LogP contribution in [0.25, 0.3) is 11.4 Å². The standard InChI is InChI=1S/C20H21N3O3/c1-14(13-26-18-9-4-3-8-17(18)25-2)23-20(24)16-7-5-6-15(12-16)19-21-10-11-22-19/h3-12,14H,13H2,1-2H3,(H,21,22)(H,23,24)/t14-/m0/s1. The highest BCUT2D eigenvalue weighted by molar-refractivity contribution is 5.95. The highest BCUT2D eigenvalue weighted by Crippen LogP contribution is 2.25. The Morgan fingerprint density at radius 2 is 2.00 bits per heavy atom. The number of carbonyl (C=O) groups is 1. The maximum Gasteiger partial charge on any atom is 0.251 e. The molecular weight excluding hydrogens is 330 g/mol. The highest BCUT2D eigenvalue weighted by Gasteiger charge is 2.13. The van der Waals surface area contributed by atoms with Gasteiger partial charge in [0.25, 0.3) is 5.91 Å². The first-order valence-electron chi connectivity index (χ1n) is 8.34. The molecule has 6 nitrogen and oxygen atoms in total. The second kappa shape index (κ2) is 8.20. The molecule has 1 aromatic heterocycles. The zero-order valence-corrected chi connectivity index (χ0v) is 14.7. The second-order valence-corrected chi connectivity index (χ2v) is 5.85. The van der Waals surface area contributed by atoms with Crippen LogP contribution in [0.1, 0.15) is 17.3 Å². The molecule has 0 saturated carbocycles. The van der Waals surface area contributed by atoms with Gasteiger partial charge in [-0.2, -0.15) is 0 Å². The zero-order valence-electron chi connectivity index (χ0n) is 14.7. The quantitative estimate of drug-likeness (QED) is 0.685. The number of aromatic amines is 1. The van der Waals surface area contributed by atoms with E-state index in [1.807, 2.05) is 49.4 Å². The molecular formula is C20H21N3O3. The molecule has 2 N–H and O–H groups in total. The topological polar surface area (TPSA) is 76.2 Å². The molecule has 1 amide bonds. The Morgan fingerprint density at radius 1 is 1.19 bits per heavy atom. The minimum atomic E-state index is -0.167. The van der Waals surface area contributed by atoms with Crippen molar-refractivity contribution in [1.82, 2.24) is 15.3 Å². The van der Waals surface area contributed by atoms with Gasteiger partial charge in [0.05, 0.1) is 13.2 Å². The lowest BCUT2D eigenvalue weighted by atomic mass is 10.1. The molecule has 0 saturated heterocycles. The number of ether oxygens (including phenoxy) is 2. The van der Waals surface area contributed by atoms with Crippen molar-refractivity contribution in [2.24, 2.45) is 0 Å². The monoisotopic (exact) mass is 351 g/mol. The van der Waals surface area contributed by atoms with Crippen LogP contribution in [-0.2, 0) is 0 Å². The fourth-order valence-electron chi connectivity index (χ4n) is 2.53. The van der Waals surface area contributed by atoms with Crippen LogP contribution in [0.15, 0.2) is 60.9 Å². The van der Waals surface area contributed by atoms with Crippen LogP contribution < -0.4 is 14.8 Å². The molecule has 3 aromatic rings. The zero-order chi connectivity index (χ0) is 18.4. The van der Waals surface area contributed by atoms with Crippen LogP contribution in [0.5, 0.6) is 11.5 Å². The van der Waals surface area contributed by atoms with Crippen LogP contribution in [0.3, 0.4) is 0 Å². The van der Waals surface area contributed by atoms with Gasteiger partial charge in [0.15, 0.2) is 11.5 Å². The smallest absolute Gasteiger partial charge is 0.251 e. The van der Waals surface area contributed by atoms with E-state index in [0.717, 1.165) is 11.4 Å². The summed E-state index contributed by atoms with van der Waals surface area (Å²) in [6.45, 7) is 2.23. The van der Waals surface area contributed by atoms with Gasteiger partial charge in [-0.05, 0) is 31.2 Å². The maximum atomic E-state index is 12.5. The van der Waals surface area contributed by atoms with Crippen LogP contribution in [-0.4, -0.2) is 35.6 Å². The van der Waals surface area contributed by atoms with Gasteiger partial charge < -0.3 is 19.8 Å². The summed E-state index contributed by atoms with van der Waals surface area (Å²) in [5.74, 6) is 1.88. The number of methoxy groups -OCH3 is 1. The molecule has 0 spiro atoms. The number of benzene rings is 2. The van der Waals surface area contributed by atoms with E-state index in [-0.39, 0.29) is 11.9 Å². The normalized spacial score (nSPS) is 11.6. The van der Waals surface area contributed by atoms with Crippen molar-refractivity contribution < 1.29 is 14.3 Å². The van der Waals surface area contributed by atoms with Crippen molar-refractivity contribution in [3.63, 3.8) is 0 Å². The van der Waals surface area contributed by atoms with Gasteiger partial charge in [0.1, 0.15) is 12.4 Å². The number of imidazole rings is 1. The predicted molar refractivity (Wildman–Crippen MR) is 99.4 cm³/mol. The van der Waals surface area contributed by atoms with Gasteiger partial charge in [-0.15, -0.1) is 0 Å². The van der Waals surface area contributed by atoms with Gasteiger partial charge in [-0.1, -0.05) is 24.3 Å². The largest absolute Gasteiger partial charge is 0.493 e. The van der Waals surface area contributed by atoms with Crippen LogP contribution >= 0.6 is 0 Å². The molecule has 0 aliphatic rings. The molecule has 1 atom stereocenters. The molecule has 0 aliphatic carbocycles. The fourth-order valence-corrected chi connectivity index (χ4v) is 2.53. The molecule has 26 heavy (non-hydrogen) atoms. The second-order valence-electron chi connectivity index (χ2n) is 5.85. The van der Waals surface area contributed by atoms with E-state index in [1.165, 1.54) is 0 Å². The van der Waals surface area contributed by atoms with E-state index in [9.17, 15) is 4.79 Å². The van der Waals surface area contributed by atoms with Gasteiger partial charge >= 0.3 is 0 Å². The Balaban J connectivity index is 1.60. The SMILES string of the molecule is COc1ccccc1OC[C@H](C)NC(=O)c1cccc(-c2ncc[nH]2)c1. The number of rotatable bonds is 7. The van der Waals surface area contributed by atoms with Gasteiger partial charge in [-0.25, -0.2) is 4.98 Å². The Kier molecular flexibility index (Phi) is 5.53. The lowest BCUT2D eigenvalue weighted by Gasteiger charge is -2.16. The molecule has 0 aliphatic heterocycles. The predicted octanol–water partition coefficient (Wildman–Crippen LogP) is 3.28. The summed E-state index contributed by atoms with van der Waals surface area (Å²) in [5.41, 5.74) is 1.43. The lowest BCUT2D eigenvalue weighted by molar-refractivity contribution is 0.0926. The molecule has 134 valence electrons. The Morgan fingerprint density at radius 3 is 2.73 bits per heavy atom. The van der Waals surface area contributed by atoms with E-state index >= 15 is 0 Å². The molecule has 6 heteroatoms. The molecule has 2 aromatic carbocycles. The van der Waals surface area contributed by atoms with E-state index in [1.54, 1.807) is 25.6 Å². The summed E-state index contributed by atoms with van der Waals surface area (Å²) >= 11 is 0. The summed E-state index contributed by atoms with van der Waals surface area (Å²) in [4.78, 5) is 19.7. The van der Waals surface area contributed by atoms with Crippen molar-refractivity contribution >= 4 is 5.91 Å². The summed E-state index contributed by atoms with van der Waals surface area (Å²) in [7, 11) is 1.60. The van der Waals surface area contributed by atoms with E-state index < -0.39 is 0 Å². The van der Waals surface area contributed by atoms with E-state index in [4.69, 9.17) is 9.47 Å². The van der Waals surface area contributed by atoms with Crippen molar-refractivity contribution in [2.45, 2.75) is 13.0 Å². The van der Waals surface area contributed by atoms with Crippen molar-refractivity contribution in [3.05, 3.63) is 66.5 Å². The number of para-hydroxylation sites is 2. The third kappa shape index (κ3) is 4.22. The number of aromatic nitrogens is 2. The molecule has 1 heterocycles. The first-order chi connectivity index (χ1) is 12.7. The number of carbonyl (C=O) groups excluding carboxylic acids is 1. The molecule has 0 radical (unpaired) electrons. The number of hydrogen-bond donors (Lipinski definition) is 2. The summed E-state index contributed by atoms with van der Waals surface area (Å²) in [6, 6.07) is 14.6. The minimum absolute atomic E-state index is 0.158. The van der Waals surface area contributed by atoms with Crippen molar-refractivity contribution in [3.8, 4) is 22.9 Å². The summed E-state index contributed by atoms with van der Waals surface area (Å²) in [6.07, 6.45) is 3.43. The van der Waals surface area contributed by atoms with Crippen LogP contribution in [0, 0.1) is 0 Å². The molecule has 3 rings (SSSR count). The molecule has 0 fully saturated rings. The van der Waals surface area contributed by atoms with Gasteiger partial charge in [0, 0.05) is 23.5 Å². The minimum Gasteiger partial charge on any atom is -0.493 e. The number of hydrogen-bond acceptors (Lipinski definition) is 4. The number of amides is 1. The third-order valence-corrected chi connectivity index (χ3v) is 3.83. The van der Waals surface area contributed by atoms with Crippen LogP contribution in [0.2, 0.25) is 0 Å². The first kappa shape index (κ1) is 17.5. The number of H-pyrrole nitrogens is 1. The Labute approximate surface area is 152 Å². The average molecular weight is 351 g/mol. The van der Waals surface area contributed by atoms with Gasteiger partial charge in [0.2, 0.25) is 0 Å². The van der Waals surface area contributed by atoms with Crippen molar-refractivity contribution in [1.29, 1.82) is 0 Å². The lowest BCUT2D eigenvalue weighted by Crippen LogP contribution is -2.36. The number of nitrogens with zero attached hydrogens (tertiary/aromatic N) is 1. The molecule has 0 bridgehead atoms. The average Bonchev–Trinajstić information content (AvgIpc) is 3.21. The fraction of sp³-hybridized carbons (Fsp3) is 0.200. The van der Waals surface area contributed by atoms with Crippen molar-refractivity contribution in [2.75, 3.05) is 13.7 Å². The Hall–Kier alpha value is -3.28. The maximum absolute atomic E-state index is 12.5. The third-order valence-electron chi connectivity index (χ3n) is 3.83. The van der Waals surface area contributed by atoms with E-state index in [2.05, 4.69) is 15.3 Å². The van der Waals surface area contributed by atoms with Crippen LogP contribution in [0.4, 0.5) is 0 Å². The summed E-state index contributed by atoms with van der Waals surface area (Å²) < 4.78 is 11.0. The first-order valence-corrected chi connectivity index (χ1v) is 8.34. The van der Waals surface area contributed by atoms with Gasteiger partial charge in [-0.3, -0.25) is 4.79 Å².